The fourth-order valence-corrected chi connectivity index (χ4v) is 2.41. The van der Waals surface area contributed by atoms with E-state index in [2.05, 4.69) is 9.55 Å². The second kappa shape index (κ2) is 5.03. The molecule has 0 bridgehead atoms. The third-order valence-electron chi connectivity index (χ3n) is 3.20. The number of aromatic nitrogens is 2. The minimum atomic E-state index is -0.101. The number of nitrogens with zero attached hydrogens (tertiary/aromatic N) is 2. The van der Waals surface area contributed by atoms with Crippen LogP contribution in [0.5, 0.6) is 0 Å². The van der Waals surface area contributed by atoms with Gasteiger partial charge in [0.2, 0.25) is 0 Å². The summed E-state index contributed by atoms with van der Waals surface area (Å²) in [5.74, 6) is 0. The average Bonchev–Trinajstić information content (AvgIpc) is 2.82. The monoisotopic (exact) mass is 271 g/mol. The van der Waals surface area contributed by atoms with E-state index in [-0.39, 0.29) is 6.04 Å². The van der Waals surface area contributed by atoms with Crippen molar-refractivity contribution in [3.63, 3.8) is 0 Å². The number of benzene rings is 2. The van der Waals surface area contributed by atoms with Crippen molar-refractivity contribution in [2.45, 2.75) is 12.6 Å². The molecule has 1 unspecified atom stereocenters. The molecular weight excluding hydrogens is 258 g/mol. The molecule has 0 spiro atoms. The van der Waals surface area contributed by atoms with Crippen molar-refractivity contribution in [3.8, 4) is 0 Å². The highest BCUT2D eigenvalue weighted by atomic mass is 35.5. The molecule has 0 saturated carbocycles. The highest BCUT2D eigenvalue weighted by Gasteiger charge is 2.09. The van der Waals surface area contributed by atoms with E-state index in [0.29, 0.717) is 11.6 Å². The lowest BCUT2D eigenvalue weighted by Crippen LogP contribution is -2.17. The average molecular weight is 272 g/mol. The minimum absolute atomic E-state index is 0.101. The Labute approximate surface area is 116 Å². The quantitative estimate of drug-likeness (QED) is 0.793. The van der Waals surface area contributed by atoms with Crippen LogP contribution in [0.3, 0.4) is 0 Å². The number of nitrogens with two attached hydrogens (primary N) is 1. The van der Waals surface area contributed by atoms with Gasteiger partial charge in [0.25, 0.3) is 0 Å². The molecule has 0 aliphatic rings. The molecule has 0 saturated heterocycles. The molecule has 0 radical (unpaired) electrons. The van der Waals surface area contributed by atoms with Crippen molar-refractivity contribution in [3.05, 3.63) is 65.4 Å². The van der Waals surface area contributed by atoms with Crippen LogP contribution in [0, 0.1) is 0 Å². The van der Waals surface area contributed by atoms with E-state index < -0.39 is 0 Å². The third-order valence-corrected chi connectivity index (χ3v) is 3.43. The van der Waals surface area contributed by atoms with E-state index in [1.54, 1.807) is 0 Å². The molecule has 0 fully saturated rings. The maximum atomic E-state index is 6.24. The Morgan fingerprint density at radius 1 is 1.16 bits per heavy atom. The number of fused-ring (bicyclic) bond motifs is 1. The summed E-state index contributed by atoms with van der Waals surface area (Å²) in [5.41, 5.74) is 9.36. The minimum Gasteiger partial charge on any atom is -0.329 e. The molecule has 96 valence electrons. The molecule has 4 heteroatoms. The van der Waals surface area contributed by atoms with Gasteiger partial charge >= 0.3 is 0 Å². The van der Waals surface area contributed by atoms with Gasteiger partial charge in [0.05, 0.1) is 17.4 Å². The summed E-state index contributed by atoms with van der Waals surface area (Å²) in [6.45, 7) is 0.681. The molecule has 19 heavy (non-hydrogen) atoms. The molecule has 1 heterocycles. The molecule has 3 rings (SSSR count). The van der Waals surface area contributed by atoms with E-state index in [9.17, 15) is 0 Å². The number of para-hydroxylation sites is 2. The Morgan fingerprint density at radius 2 is 2.00 bits per heavy atom. The van der Waals surface area contributed by atoms with Crippen LogP contribution >= 0.6 is 11.6 Å². The normalized spacial score (nSPS) is 12.7. The fourth-order valence-electron chi connectivity index (χ4n) is 2.21. The van der Waals surface area contributed by atoms with E-state index >= 15 is 0 Å². The van der Waals surface area contributed by atoms with Crippen LogP contribution in [0.25, 0.3) is 11.0 Å². The summed E-state index contributed by atoms with van der Waals surface area (Å²) in [6.07, 6.45) is 1.83. The molecule has 2 aromatic carbocycles. The van der Waals surface area contributed by atoms with Crippen LogP contribution in [0.4, 0.5) is 0 Å². The first kappa shape index (κ1) is 12.2. The molecule has 0 aliphatic heterocycles. The van der Waals surface area contributed by atoms with Gasteiger partial charge in [0.1, 0.15) is 0 Å². The fraction of sp³-hybridized carbons (Fsp3) is 0.133. The predicted molar refractivity (Wildman–Crippen MR) is 78.1 cm³/mol. The number of imidazole rings is 1. The van der Waals surface area contributed by atoms with E-state index in [1.165, 1.54) is 0 Å². The molecule has 3 aromatic rings. The number of hydrogen-bond acceptors (Lipinski definition) is 2. The van der Waals surface area contributed by atoms with Crippen molar-refractivity contribution in [2.75, 3.05) is 0 Å². The molecule has 0 amide bonds. The summed E-state index contributed by atoms with van der Waals surface area (Å²) in [5, 5.41) is 0.712. The van der Waals surface area contributed by atoms with Crippen molar-refractivity contribution in [2.24, 2.45) is 5.73 Å². The SMILES string of the molecule is NC(Cn1cnc2ccccc21)c1cccc(Cl)c1. The van der Waals surface area contributed by atoms with Crippen molar-refractivity contribution < 1.29 is 0 Å². The van der Waals surface area contributed by atoms with Crippen LogP contribution in [0.1, 0.15) is 11.6 Å². The van der Waals surface area contributed by atoms with E-state index in [0.717, 1.165) is 16.6 Å². The summed E-state index contributed by atoms with van der Waals surface area (Å²) < 4.78 is 2.07. The van der Waals surface area contributed by atoms with Gasteiger partial charge in [-0.2, -0.15) is 0 Å². The topological polar surface area (TPSA) is 43.8 Å². The van der Waals surface area contributed by atoms with Crippen molar-refractivity contribution >= 4 is 22.6 Å². The van der Waals surface area contributed by atoms with Crippen molar-refractivity contribution in [1.82, 2.24) is 9.55 Å². The van der Waals surface area contributed by atoms with Crippen LogP contribution < -0.4 is 5.73 Å². The molecule has 2 N–H and O–H groups in total. The zero-order chi connectivity index (χ0) is 13.2. The Kier molecular flexibility index (Phi) is 3.23. The van der Waals surface area contributed by atoms with Gasteiger partial charge in [-0.25, -0.2) is 4.98 Å². The van der Waals surface area contributed by atoms with Crippen molar-refractivity contribution in [1.29, 1.82) is 0 Å². The van der Waals surface area contributed by atoms with Gasteiger partial charge in [-0.15, -0.1) is 0 Å². The molecule has 0 aliphatic carbocycles. The summed E-state index contributed by atoms with van der Waals surface area (Å²) in [4.78, 5) is 4.36. The maximum absolute atomic E-state index is 6.24. The van der Waals surface area contributed by atoms with E-state index in [4.69, 9.17) is 17.3 Å². The van der Waals surface area contributed by atoms with Crippen LogP contribution in [0.15, 0.2) is 54.9 Å². The standard InChI is InChI=1S/C15H14ClN3/c16-12-5-3-4-11(8-12)13(17)9-19-10-18-14-6-1-2-7-15(14)19/h1-8,10,13H,9,17H2. The second-order valence-electron chi connectivity index (χ2n) is 4.55. The zero-order valence-corrected chi connectivity index (χ0v) is 11.1. The highest BCUT2D eigenvalue weighted by molar-refractivity contribution is 6.30. The predicted octanol–water partition coefficient (Wildman–Crippen LogP) is 3.39. The summed E-state index contributed by atoms with van der Waals surface area (Å²) in [6, 6.07) is 15.6. The van der Waals surface area contributed by atoms with Gasteiger partial charge in [-0.1, -0.05) is 35.9 Å². The van der Waals surface area contributed by atoms with Gasteiger partial charge in [0.15, 0.2) is 0 Å². The van der Waals surface area contributed by atoms with Gasteiger partial charge in [-0.05, 0) is 29.8 Å². The van der Waals surface area contributed by atoms with E-state index in [1.807, 2.05) is 54.9 Å². The smallest absolute Gasteiger partial charge is 0.0958 e. The first-order valence-corrected chi connectivity index (χ1v) is 6.53. The lowest BCUT2D eigenvalue weighted by molar-refractivity contribution is 0.588. The Bertz CT molecular complexity index is 705. The molecule has 1 atom stereocenters. The molecule has 3 nitrogen and oxygen atoms in total. The van der Waals surface area contributed by atoms with Gasteiger partial charge in [0, 0.05) is 17.6 Å². The highest BCUT2D eigenvalue weighted by Crippen LogP contribution is 2.19. The Balaban J connectivity index is 1.89. The first-order chi connectivity index (χ1) is 9.24. The lowest BCUT2D eigenvalue weighted by Gasteiger charge is -2.13. The first-order valence-electron chi connectivity index (χ1n) is 6.15. The van der Waals surface area contributed by atoms with Gasteiger partial charge in [-0.3, -0.25) is 0 Å². The lowest BCUT2D eigenvalue weighted by atomic mass is 10.1. The number of hydrogen-bond donors (Lipinski definition) is 1. The summed E-state index contributed by atoms with van der Waals surface area (Å²) in [7, 11) is 0. The van der Waals surface area contributed by atoms with Crippen LogP contribution in [-0.2, 0) is 6.54 Å². The number of halogens is 1. The Hall–Kier alpha value is -1.84. The molecular formula is C15H14ClN3. The largest absolute Gasteiger partial charge is 0.329 e. The molecule has 1 aromatic heterocycles. The second-order valence-corrected chi connectivity index (χ2v) is 4.98. The van der Waals surface area contributed by atoms with Crippen LogP contribution in [0.2, 0.25) is 5.02 Å². The zero-order valence-electron chi connectivity index (χ0n) is 10.3. The summed E-state index contributed by atoms with van der Waals surface area (Å²) >= 11 is 5.99. The third kappa shape index (κ3) is 2.48. The van der Waals surface area contributed by atoms with Crippen LogP contribution in [-0.4, -0.2) is 9.55 Å². The van der Waals surface area contributed by atoms with Gasteiger partial charge < -0.3 is 10.3 Å². The maximum Gasteiger partial charge on any atom is 0.0958 e. The Morgan fingerprint density at radius 3 is 2.84 bits per heavy atom. The number of rotatable bonds is 3.